The number of sulfonamides is 1. The molecule has 0 atom stereocenters. The average molecular weight is 304 g/mol. The highest BCUT2D eigenvalue weighted by molar-refractivity contribution is 7.89. The summed E-state index contributed by atoms with van der Waals surface area (Å²) in [7, 11) is -3.40. The molecule has 2 N–H and O–H groups in total. The second-order valence-corrected chi connectivity index (χ2v) is 6.90. The molecule has 1 aliphatic rings. The molecule has 0 saturated carbocycles. The summed E-state index contributed by atoms with van der Waals surface area (Å²) in [5.41, 5.74) is 0.401. The molecule has 0 spiro atoms. The summed E-state index contributed by atoms with van der Waals surface area (Å²) in [4.78, 5) is 0. The minimum absolute atomic E-state index is 0.0233. The van der Waals surface area contributed by atoms with E-state index in [1.165, 1.54) is 6.07 Å². The van der Waals surface area contributed by atoms with Gasteiger partial charge in [0.25, 0.3) is 0 Å². The van der Waals surface area contributed by atoms with Gasteiger partial charge in [-0.1, -0.05) is 6.07 Å². The Bertz CT molecular complexity index is 557. The first-order valence-corrected chi connectivity index (χ1v) is 8.23. The Kier molecular flexibility index (Phi) is 5.06. The van der Waals surface area contributed by atoms with Crippen molar-refractivity contribution in [3.8, 4) is 0 Å². The maximum atomic E-state index is 13.0. The lowest BCUT2D eigenvalue weighted by atomic mass is 10.0. The van der Waals surface area contributed by atoms with Gasteiger partial charge in [-0.15, -0.1) is 0 Å². The summed E-state index contributed by atoms with van der Waals surface area (Å²) in [5.74, 6) is -1.68. The first-order valence-electron chi connectivity index (χ1n) is 6.58. The molecule has 1 heterocycles. The van der Waals surface area contributed by atoms with Crippen LogP contribution in [0.15, 0.2) is 18.2 Å². The van der Waals surface area contributed by atoms with E-state index in [0.717, 1.165) is 38.1 Å². The van der Waals surface area contributed by atoms with Crippen molar-refractivity contribution in [1.29, 1.82) is 0 Å². The van der Waals surface area contributed by atoms with Crippen molar-refractivity contribution in [2.24, 2.45) is 5.92 Å². The van der Waals surface area contributed by atoms with Crippen molar-refractivity contribution in [3.63, 3.8) is 0 Å². The van der Waals surface area contributed by atoms with E-state index in [-0.39, 0.29) is 18.2 Å². The van der Waals surface area contributed by atoms with Gasteiger partial charge < -0.3 is 5.32 Å². The summed E-state index contributed by atoms with van der Waals surface area (Å²) >= 11 is 0. The van der Waals surface area contributed by atoms with Gasteiger partial charge in [-0.2, -0.15) is 0 Å². The number of halogens is 2. The van der Waals surface area contributed by atoms with Crippen molar-refractivity contribution in [2.75, 3.05) is 18.8 Å². The zero-order chi connectivity index (χ0) is 14.6. The molecule has 0 amide bonds. The smallest absolute Gasteiger partial charge is 0.212 e. The normalized spacial score (nSPS) is 17.3. The maximum absolute atomic E-state index is 13.0. The second kappa shape index (κ2) is 6.60. The third-order valence-electron chi connectivity index (χ3n) is 3.39. The van der Waals surface area contributed by atoms with Crippen molar-refractivity contribution >= 4 is 10.0 Å². The molecule has 112 valence electrons. The molecular weight excluding hydrogens is 286 g/mol. The lowest BCUT2D eigenvalue weighted by Crippen LogP contribution is -2.35. The van der Waals surface area contributed by atoms with E-state index in [9.17, 15) is 17.2 Å². The van der Waals surface area contributed by atoms with Crippen molar-refractivity contribution in [2.45, 2.75) is 19.4 Å². The number of nitrogens with one attached hydrogen (secondary N) is 2. The number of rotatable bonds is 5. The van der Waals surface area contributed by atoms with Gasteiger partial charge in [-0.05, 0) is 49.5 Å². The molecule has 1 aromatic carbocycles. The molecule has 1 fully saturated rings. The monoisotopic (exact) mass is 304 g/mol. The van der Waals surface area contributed by atoms with Crippen LogP contribution in [0.3, 0.4) is 0 Å². The summed E-state index contributed by atoms with van der Waals surface area (Å²) in [6.07, 6.45) is 1.68. The average Bonchev–Trinajstić information content (AvgIpc) is 2.41. The molecule has 1 aliphatic heterocycles. The number of hydrogen-bond donors (Lipinski definition) is 2. The Morgan fingerprint density at radius 1 is 1.20 bits per heavy atom. The number of piperidine rings is 1. The highest BCUT2D eigenvalue weighted by Gasteiger charge is 2.20. The number of benzene rings is 1. The van der Waals surface area contributed by atoms with Crippen molar-refractivity contribution in [3.05, 3.63) is 35.4 Å². The summed E-state index contributed by atoms with van der Waals surface area (Å²) in [6, 6.07) is 3.36. The zero-order valence-corrected chi connectivity index (χ0v) is 11.8. The molecular formula is C13H18F2N2O2S. The minimum Gasteiger partial charge on any atom is -0.317 e. The van der Waals surface area contributed by atoms with Crippen molar-refractivity contribution in [1.82, 2.24) is 10.0 Å². The largest absolute Gasteiger partial charge is 0.317 e. The van der Waals surface area contributed by atoms with Crippen LogP contribution in [0.5, 0.6) is 0 Å². The Morgan fingerprint density at radius 3 is 2.55 bits per heavy atom. The van der Waals surface area contributed by atoms with Gasteiger partial charge in [-0.3, -0.25) is 0 Å². The van der Waals surface area contributed by atoms with Gasteiger partial charge in [-0.25, -0.2) is 21.9 Å². The fourth-order valence-electron chi connectivity index (χ4n) is 2.26. The highest BCUT2D eigenvalue weighted by Crippen LogP contribution is 2.14. The van der Waals surface area contributed by atoms with Crippen LogP contribution >= 0.6 is 0 Å². The van der Waals surface area contributed by atoms with Crippen LogP contribution in [0.4, 0.5) is 8.78 Å². The lowest BCUT2D eigenvalue weighted by Gasteiger charge is -2.22. The van der Waals surface area contributed by atoms with Gasteiger partial charge in [0.1, 0.15) is 0 Å². The minimum atomic E-state index is -3.40. The maximum Gasteiger partial charge on any atom is 0.212 e. The third kappa shape index (κ3) is 4.50. The molecule has 0 bridgehead atoms. The van der Waals surface area contributed by atoms with Crippen LogP contribution < -0.4 is 10.0 Å². The summed E-state index contributed by atoms with van der Waals surface area (Å²) < 4.78 is 52.1. The first kappa shape index (κ1) is 15.3. The number of hydrogen-bond acceptors (Lipinski definition) is 3. The molecule has 1 saturated heterocycles. The fraction of sp³-hybridized carbons (Fsp3) is 0.538. The van der Waals surface area contributed by atoms with Crippen LogP contribution in [0.2, 0.25) is 0 Å². The Morgan fingerprint density at radius 2 is 1.90 bits per heavy atom. The van der Waals surface area contributed by atoms with Gasteiger partial charge in [0.2, 0.25) is 10.0 Å². The molecule has 1 aromatic rings. The Balaban J connectivity index is 1.89. The second-order valence-electron chi connectivity index (χ2n) is 5.04. The van der Waals surface area contributed by atoms with Crippen LogP contribution in [0.25, 0.3) is 0 Å². The quantitative estimate of drug-likeness (QED) is 0.864. The van der Waals surface area contributed by atoms with E-state index < -0.39 is 21.7 Å². The molecule has 20 heavy (non-hydrogen) atoms. The molecule has 0 aliphatic carbocycles. The SMILES string of the molecule is O=S(=O)(CC1CCNCC1)NCc1ccc(F)c(F)c1. The van der Waals surface area contributed by atoms with Gasteiger partial charge in [0.15, 0.2) is 11.6 Å². The highest BCUT2D eigenvalue weighted by atomic mass is 32.2. The lowest BCUT2D eigenvalue weighted by molar-refractivity contribution is 0.400. The summed E-state index contributed by atoms with van der Waals surface area (Å²) in [5, 5.41) is 3.18. The van der Waals surface area contributed by atoms with E-state index >= 15 is 0 Å². The molecule has 0 aromatic heterocycles. The third-order valence-corrected chi connectivity index (χ3v) is 4.89. The van der Waals surface area contributed by atoms with Gasteiger partial charge >= 0.3 is 0 Å². The van der Waals surface area contributed by atoms with Crippen LogP contribution in [-0.2, 0) is 16.6 Å². The zero-order valence-electron chi connectivity index (χ0n) is 11.0. The fourth-order valence-corrected chi connectivity index (χ4v) is 3.72. The van der Waals surface area contributed by atoms with E-state index in [4.69, 9.17) is 0 Å². The van der Waals surface area contributed by atoms with Crippen LogP contribution in [0, 0.1) is 17.6 Å². The topological polar surface area (TPSA) is 58.2 Å². The van der Waals surface area contributed by atoms with Crippen LogP contribution in [0.1, 0.15) is 18.4 Å². The van der Waals surface area contributed by atoms with E-state index in [1.807, 2.05) is 0 Å². The molecule has 4 nitrogen and oxygen atoms in total. The van der Waals surface area contributed by atoms with E-state index in [0.29, 0.717) is 5.56 Å². The predicted octanol–water partition coefficient (Wildman–Crippen LogP) is 1.38. The Labute approximate surface area is 117 Å². The molecule has 2 rings (SSSR count). The van der Waals surface area contributed by atoms with Gasteiger partial charge in [0, 0.05) is 6.54 Å². The van der Waals surface area contributed by atoms with E-state index in [1.54, 1.807) is 0 Å². The van der Waals surface area contributed by atoms with Crippen LogP contribution in [-0.4, -0.2) is 27.3 Å². The molecule has 7 heteroatoms. The standard InChI is InChI=1S/C13H18F2N2O2S/c14-12-2-1-11(7-13(12)15)8-17-20(18,19)9-10-3-5-16-6-4-10/h1-2,7,10,16-17H,3-6,8-9H2. The first-order chi connectivity index (χ1) is 9.46. The van der Waals surface area contributed by atoms with E-state index in [2.05, 4.69) is 10.0 Å². The van der Waals surface area contributed by atoms with Gasteiger partial charge in [0.05, 0.1) is 5.75 Å². The predicted molar refractivity (Wildman–Crippen MR) is 72.6 cm³/mol. The molecule has 0 radical (unpaired) electrons. The Hall–Kier alpha value is -1.05. The summed E-state index contributed by atoms with van der Waals surface area (Å²) in [6.45, 7) is 1.65. The molecule has 0 unspecified atom stereocenters. The van der Waals surface area contributed by atoms with Crippen molar-refractivity contribution < 1.29 is 17.2 Å².